The first-order chi connectivity index (χ1) is 8.75. The van der Waals surface area contributed by atoms with E-state index in [9.17, 15) is 4.79 Å². The summed E-state index contributed by atoms with van der Waals surface area (Å²) in [5.41, 5.74) is 0.816. The van der Waals surface area contributed by atoms with E-state index in [1.54, 1.807) is 5.38 Å². The minimum Gasteiger partial charge on any atom is -0.476 e. The Morgan fingerprint density at radius 2 is 2.22 bits per heavy atom. The van der Waals surface area contributed by atoms with Crippen LogP contribution in [0.1, 0.15) is 34.8 Å². The summed E-state index contributed by atoms with van der Waals surface area (Å²) in [5.74, 6) is -0.945. The lowest BCUT2D eigenvalue weighted by Crippen LogP contribution is -2.35. The SMILES string of the molecule is O=C(O)c1nc(CNCCN2CCCCC2)cs1. The Balaban J connectivity index is 1.63. The summed E-state index contributed by atoms with van der Waals surface area (Å²) in [5, 5.41) is 14.0. The van der Waals surface area contributed by atoms with Gasteiger partial charge >= 0.3 is 5.97 Å². The minimum atomic E-state index is -0.945. The summed E-state index contributed by atoms with van der Waals surface area (Å²) < 4.78 is 0. The summed E-state index contributed by atoms with van der Waals surface area (Å²) in [7, 11) is 0. The molecule has 0 radical (unpaired) electrons. The Morgan fingerprint density at radius 3 is 2.89 bits per heavy atom. The van der Waals surface area contributed by atoms with Gasteiger partial charge in [-0.3, -0.25) is 0 Å². The van der Waals surface area contributed by atoms with Crippen molar-refractivity contribution in [2.75, 3.05) is 26.2 Å². The van der Waals surface area contributed by atoms with Crippen LogP contribution in [-0.4, -0.2) is 47.1 Å². The van der Waals surface area contributed by atoms with Gasteiger partial charge in [0.05, 0.1) is 5.69 Å². The molecule has 1 aliphatic heterocycles. The summed E-state index contributed by atoms with van der Waals surface area (Å²) in [6, 6.07) is 0. The molecule has 6 heteroatoms. The van der Waals surface area contributed by atoms with Crippen LogP contribution in [0.2, 0.25) is 0 Å². The van der Waals surface area contributed by atoms with E-state index in [2.05, 4.69) is 15.2 Å². The third-order valence-electron chi connectivity index (χ3n) is 3.09. The molecule has 0 saturated carbocycles. The zero-order chi connectivity index (χ0) is 12.8. The van der Waals surface area contributed by atoms with Crippen molar-refractivity contribution in [2.24, 2.45) is 0 Å². The van der Waals surface area contributed by atoms with E-state index in [4.69, 9.17) is 5.11 Å². The number of likely N-dealkylation sites (tertiary alicyclic amines) is 1. The Hall–Kier alpha value is -0.980. The first kappa shape index (κ1) is 13.5. The lowest BCUT2D eigenvalue weighted by molar-refractivity contribution is 0.0696. The van der Waals surface area contributed by atoms with Crippen molar-refractivity contribution in [2.45, 2.75) is 25.8 Å². The highest BCUT2D eigenvalue weighted by atomic mass is 32.1. The maximum absolute atomic E-state index is 10.7. The molecular formula is C12H19N3O2S. The van der Waals surface area contributed by atoms with Crippen LogP contribution in [-0.2, 0) is 6.54 Å². The first-order valence-electron chi connectivity index (χ1n) is 6.36. The van der Waals surface area contributed by atoms with Crippen LogP contribution in [0.4, 0.5) is 0 Å². The maximum atomic E-state index is 10.7. The van der Waals surface area contributed by atoms with Crippen LogP contribution in [0.3, 0.4) is 0 Å². The highest BCUT2D eigenvalue weighted by molar-refractivity contribution is 7.11. The van der Waals surface area contributed by atoms with Crippen molar-refractivity contribution in [1.82, 2.24) is 15.2 Å². The van der Waals surface area contributed by atoms with Gasteiger partial charge in [0.2, 0.25) is 5.01 Å². The van der Waals surface area contributed by atoms with Gasteiger partial charge in [0.25, 0.3) is 0 Å². The van der Waals surface area contributed by atoms with Gasteiger partial charge in [0.15, 0.2) is 0 Å². The molecule has 100 valence electrons. The largest absolute Gasteiger partial charge is 0.476 e. The molecule has 1 aromatic rings. The van der Waals surface area contributed by atoms with Gasteiger partial charge in [-0.25, -0.2) is 9.78 Å². The molecule has 0 amide bonds. The van der Waals surface area contributed by atoms with Gasteiger partial charge < -0.3 is 15.3 Å². The highest BCUT2D eigenvalue weighted by Gasteiger charge is 2.10. The predicted molar refractivity (Wildman–Crippen MR) is 71.1 cm³/mol. The number of nitrogens with one attached hydrogen (secondary N) is 1. The van der Waals surface area contributed by atoms with Crippen molar-refractivity contribution < 1.29 is 9.90 Å². The third-order valence-corrected chi connectivity index (χ3v) is 3.97. The number of carbonyl (C=O) groups is 1. The minimum absolute atomic E-state index is 0.169. The maximum Gasteiger partial charge on any atom is 0.365 e. The van der Waals surface area contributed by atoms with E-state index in [1.165, 1.54) is 43.7 Å². The van der Waals surface area contributed by atoms with Crippen molar-refractivity contribution in [3.63, 3.8) is 0 Å². The number of carboxylic acid groups (broad SMARTS) is 1. The molecule has 18 heavy (non-hydrogen) atoms. The standard InChI is InChI=1S/C12H19N3O2S/c16-12(17)11-14-10(9-18-11)8-13-4-7-15-5-2-1-3-6-15/h9,13H,1-8H2,(H,16,17). The van der Waals surface area contributed by atoms with E-state index in [0.717, 1.165) is 18.8 Å². The van der Waals surface area contributed by atoms with Gasteiger partial charge in [-0.05, 0) is 25.9 Å². The number of piperidine rings is 1. The number of rotatable bonds is 6. The monoisotopic (exact) mass is 269 g/mol. The third kappa shape index (κ3) is 4.04. The van der Waals surface area contributed by atoms with Crippen molar-refractivity contribution >= 4 is 17.3 Å². The van der Waals surface area contributed by atoms with Crippen molar-refractivity contribution in [3.05, 3.63) is 16.1 Å². The number of hydrogen-bond acceptors (Lipinski definition) is 5. The summed E-state index contributed by atoms with van der Waals surface area (Å²) in [6.45, 7) is 5.07. The van der Waals surface area contributed by atoms with Crippen molar-refractivity contribution in [1.29, 1.82) is 0 Å². The van der Waals surface area contributed by atoms with E-state index in [0.29, 0.717) is 6.54 Å². The second-order valence-electron chi connectivity index (χ2n) is 4.53. The normalized spacial score (nSPS) is 16.9. The number of thiazole rings is 1. The Kier molecular flexibility index (Phi) is 5.10. The fourth-order valence-corrected chi connectivity index (χ4v) is 2.78. The molecule has 0 atom stereocenters. The molecule has 2 N–H and O–H groups in total. The van der Waals surface area contributed by atoms with Gasteiger partial charge in [-0.15, -0.1) is 11.3 Å². The number of nitrogens with zero attached hydrogens (tertiary/aromatic N) is 2. The van der Waals surface area contributed by atoms with Crippen LogP contribution < -0.4 is 5.32 Å². The smallest absolute Gasteiger partial charge is 0.365 e. The summed E-state index contributed by atoms with van der Waals surface area (Å²) in [4.78, 5) is 17.2. The lowest BCUT2D eigenvalue weighted by atomic mass is 10.1. The van der Waals surface area contributed by atoms with Crippen molar-refractivity contribution in [3.8, 4) is 0 Å². The topological polar surface area (TPSA) is 65.5 Å². The molecule has 1 saturated heterocycles. The van der Waals surface area contributed by atoms with Crippen LogP contribution in [0.15, 0.2) is 5.38 Å². The number of aromatic carboxylic acids is 1. The van der Waals surface area contributed by atoms with Crippen LogP contribution in [0.25, 0.3) is 0 Å². The molecule has 0 unspecified atom stereocenters. The molecule has 0 spiro atoms. The average molecular weight is 269 g/mol. The molecular weight excluding hydrogens is 250 g/mol. The zero-order valence-electron chi connectivity index (χ0n) is 10.4. The molecule has 1 fully saturated rings. The van der Waals surface area contributed by atoms with Crippen LogP contribution in [0, 0.1) is 0 Å². The fraction of sp³-hybridized carbons (Fsp3) is 0.667. The van der Waals surface area contributed by atoms with Crippen LogP contribution >= 0.6 is 11.3 Å². The molecule has 2 rings (SSSR count). The molecule has 2 heterocycles. The van der Waals surface area contributed by atoms with Gasteiger partial charge in [0, 0.05) is 25.0 Å². The second-order valence-corrected chi connectivity index (χ2v) is 5.39. The number of aromatic nitrogens is 1. The first-order valence-corrected chi connectivity index (χ1v) is 7.24. The van der Waals surface area contributed by atoms with E-state index < -0.39 is 5.97 Å². The van der Waals surface area contributed by atoms with Crippen LogP contribution in [0.5, 0.6) is 0 Å². The van der Waals surface area contributed by atoms with E-state index in [1.807, 2.05) is 0 Å². The molecule has 0 aliphatic carbocycles. The second kappa shape index (κ2) is 6.82. The van der Waals surface area contributed by atoms with E-state index >= 15 is 0 Å². The lowest BCUT2D eigenvalue weighted by Gasteiger charge is -2.26. The molecule has 1 aromatic heterocycles. The Bertz CT molecular complexity index is 388. The molecule has 0 aromatic carbocycles. The van der Waals surface area contributed by atoms with E-state index in [-0.39, 0.29) is 5.01 Å². The molecule has 0 bridgehead atoms. The van der Waals surface area contributed by atoms with Gasteiger partial charge in [0.1, 0.15) is 0 Å². The fourth-order valence-electron chi connectivity index (χ4n) is 2.12. The average Bonchev–Trinajstić information content (AvgIpc) is 2.85. The molecule has 1 aliphatic rings. The predicted octanol–water partition coefficient (Wildman–Crippen LogP) is 1.42. The summed E-state index contributed by atoms with van der Waals surface area (Å²) >= 11 is 1.18. The summed E-state index contributed by atoms with van der Waals surface area (Å²) in [6.07, 6.45) is 3.99. The number of carboxylic acids is 1. The Morgan fingerprint density at radius 1 is 1.44 bits per heavy atom. The van der Waals surface area contributed by atoms with Gasteiger partial charge in [-0.2, -0.15) is 0 Å². The van der Waals surface area contributed by atoms with Gasteiger partial charge in [-0.1, -0.05) is 6.42 Å². The highest BCUT2D eigenvalue weighted by Crippen LogP contribution is 2.09. The number of hydrogen-bond donors (Lipinski definition) is 2. The molecule has 5 nitrogen and oxygen atoms in total. The Labute approximate surface area is 111 Å². The zero-order valence-corrected chi connectivity index (χ0v) is 11.2. The quantitative estimate of drug-likeness (QED) is 0.765.